The lowest BCUT2D eigenvalue weighted by molar-refractivity contribution is -0.154. The van der Waals surface area contributed by atoms with E-state index >= 15 is 0 Å². The Morgan fingerprint density at radius 1 is 1.23 bits per heavy atom. The van der Waals surface area contributed by atoms with E-state index < -0.39 is 0 Å². The summed E-state index contributed by atoms with van der Waals surface area (Å²) in [6.45, 7) is 0.184. The first-order valence-corrected chi connectivity index (χ1v) is 8.46. The van der Waals surface area contributed by atoms with Crippen LogP contribution in [0.2, 0.25) is 0 Å². The number of hydrogen-bond acceptors (Lipinski definition) is 3. The summed E-state index contributed by atoms with van der Waals surface area (Å²) in [7, 11) is 1.39. The van der Waals surface area contributed by atoms with Crippen molar-refractivity contribution in [1.29, 1.82) is 0 Å². The minimum atomic E-state index is -0.378. The molecule has 2 atom stereocenters. The van der Waals surface area contributed by atoms with Crippen molar-refractivity contribution in [3.63, 3.8) is 0 Å². The molecule has 5 nitrogen and oxygen atoms in total. The van der Waals surface area contributed by atoms with Gasteiger partial charge in [0.1, 0.15) is 18.2 Å². The van der Waals surface area contributed by atoms with Gasteiger partial charge in [-0.25, -0.2) is 4.39 Å². The number of hydrogen-bond donors (Lipinski definition) is 1. The number of halogens is 2. The molecule has 0 unspecified atom stereocenters. The van der Waals surface area contributed by atoms with Gasteiger partial charge in [-0.3, -0.25) is 9.08 Å². The number of rotatable bonds is 5. The number of carbonyl (C=O) groups excluding carboxylic acids is 1. The fraction of sp³-hybridized carbons (Fsp3) is 0.316. The third-order valence-electron chi connectivity index (χ3n) is 4.02. The molecule has 0 radical (unpaired) electrons. The third-order valence-corrected chi connectivity index (χ3v) is 4.02. The Labute approximate surface area is 157 Å². The van der Waals surface area contributed by atoms with E-state index in [9.17, 15) is 9.18 Å². The minimum absolute atomic E-state index is 0.00752. The van der Waals surface area contributed by atoms with Gasteiger partial charge in [0.05, 0.1) is 19.0 Å². The zero-order valence-corrected chi connectivity index (χ0v) is 15.2. The Morgan fingerprint density at radius 3 is 2.46 bits per heavy atom. The molecule has 3 N–H and O–H groups in total. The van der Waals surface area contributed by atoms with Crippen LogP contribution in [0.15, 0.2) is 48.5 Å². The second kappa shape index (κ2) is 10.1. The molecule has 2 aromatic carbocycles. The Morgan fingerprint density at radius 2 is 1.88 bits per heavy atom. The van der Waals surface area contributed by atoms with Crippen LogP contribution in [0.5, 0.6) is 5.75 Å². The molecule has 1 aliphatic rings. The highest BCUT2D eigenvalue weighted by Crippen LogP contribution is 2.31. The lowest BCUT2D eigenvalue weighted by Gasteiger charge is -2.10. The monoisotopic (exact) mass is 382 g/mol. The molecule has 3 rings (SSSR count). The molecule has 1 saturated heterocycles. The number of ether oxygens (including phenoxy) is 2. The lowest BCUT2D eigenvalue weighted by atomic mass is 10.1. The number of aliphatic hydroxyl groups is 2. The first-order valence-electron chi connectivity index (χ1n) is 8.15. The van der Waals surface area contributed by atoms with Crippen molar-refractivity contribution in [2.24, 2.45) is 5.73 Å². The van der Waals surface area contributed by atoms with E-state index in [1.165, 1.54) is 13.2 Å². The van der Waals surface area contributed by atoms with E-state index in [2.05, 4.69) is 20.9 Å². The van der Waals surface area contributed by atoms with Crippen molar-refractivity contribution >= 4 is 17.8 Å². The van der Waals surface area contributed by atoms with E-state index in [4.69, 9.17) is 10.5 Å². The van der Waals surface area contributed by atoms with E-state index in [0.717, 1.165) is 12.0 Å². The second-order valence-corrected chi connectivity index (χ2v) is 6.07. The van der Waals surface area contributed by atoms with Crippen molar-refractivity contribution in [2.75, 3.05) is 7.11 Å². The Bertz CT molecular complexity index is 711. The van der Waals surface area contributed by atoms with Crippen LogP contribution in [0.1, 0.15) is 30.1 Å². The maximum Gasteiger partial charge on any atom is 0.297 e. The summed E-state index contributed by atoms with van der Waals surface area (Å²) < 4.78 is 27.3. The molecule has 1 amide bonds. The van der Waals surface area contributed by atoms with Crippen molar-refractivity contribution in [1.82, 2.24) is 0 Å². The average molecular weight is 383 g/mol. The molecular weight excluding hydrogens is 361 g/mol. The minimum Gasteiger partial charge on any atom is -0.489 e. The van der Waals surface area contributed by atoms with Gasteiger partial charge in [0.25, 0.3) is 5.91 Å². The molecule has 1 fully saturated rings. The molecule has 0 saturated carbocycles. The van der Waals surface area contributed by atoms with E-state index in [1.54, 1.807) is 18.2 Å². The van der Waals surface area contributed by atoms with Gasteiger partial charge >= 0.3 is 0 Å². The number of amides is 1. The highest BCUT2D eigenvalue weighted by atomic mass is 35.5. The normalized spacial score (nSPS) is 18.7. The Kier molecular flexibility index (Phi) is 7.84. The van der Waals surface area contributed by atoms with Gasteiger partial charge in [-0.05, 0) is 30.3 Å². The molecule has 0 bridgehead atoms. The maximum absolute atomic E-state index is 13.5. The quantitative estimate of drug-likeness (QED) is 0.805. The van der Waals surface area contributed by atoms with Gasteiger partial charge in [-0.1, -0.05) is 18.2 Å². The van der Waals surface area contributed by atoms with Crippen LogP contribution in [-0.2, 0) is 15.7 Å². The number of carbonyl (C=O) groups is 1. The van der Waals surface area contributed by atoms with Crippen molar-refractivity contribution in [2.45, 2.75) is 31.7 Å². The number of nitrogens with two attached hydrogens (primary N) is 1. The number of primary amides is 1. The summed E-state index contributed by atoms with van der Waals surface area (Å²) in [5.74, 6) is 0.0326. The van der Waals surface area contributed by atoms with Gasteiger partial charge in [0, 0.05) is 24.0 Å². The molecule has 2 aromatic rings. The topological polar surface area (TPSA) is 74.3 Å². The largest absolute Gasteiger partial charge is 0.489 e. The molecule has 0 aliphatic carbocycles. The first kappa shape index (κ1) is 20.2. The summed E-state index contributed by atoms with van der Waals surface area (Å²) in [5, 5.41) is 0. The summed E-state index contributed by atoms with van der Waals surface area (Å²) >= 11 is 4.50. The standard InChI is InChI=1S/C18H18FNO3.CH3ClO/c19-15-4-2-1-3-13(15)11-22-14-7-5-12(6-8-14)16-9-10-17(23-16)18(20)21;1-3-2/h1-8,16-17H,9-11H2,(H2,20,21);1H3/p+1/t16-,17+;/m1./s1. The van der Waals surface area contributed by atoms with E-state index in [1.807, 2.05) is 24.3 Å². The van der Waals surface area contributed by atoms with Gasteiger partial charge in [0.2, 0.25) is 6.10 Å². The van der Waals surface area contributed by atoms with Crippen LogP contribution in [0.3, 0.4) is 0 Å². The van der Waals surface area contributed by atoms with Crippen LogP contribution in [0, 0.1) is 5.82 Å². The molecule has 140 valence electrons. The van der Waals surface area contributed by atoms with Crippen LogP contribution < -0.4 is 10.5 Å². The summed E-state index contributed by atoms with van der Waals surface area (Å²) in [6, 6.07) is 14.1. The predicted molar refractivity (Wildman–Crippen MR) is 97.2 cm³/mol. The Hall–Kier alpha value is -2.15. The second-order valence-electron chi connectivity index (χ2n) is 5.76. The number of benzene rings is 2. The molecular formula is C19H22ClFNO4+. The molecule has 26 heavy (non-hydrogen) atoms. The van der Waals surface area contributed by atoms with Crippen molar-refractivity contribution in [3.05, 3.63) is 65.5 Å². The highest BCUT2D eigenvalue weighted by Gasteiger charge is 2.35. The zero-order chi connectivity index (χ0) is 18.9. The van der Waals surface area contributed by atoms with Crippen LogP contribution in [0.4, 0.5) is 4.39 Å². The molecule has 0 spiro atoms. The van der Waals surface area contributed by atoms with Gasteiger partial charge in [0.15, 0.2) is 6.10 Å². The SMILES string of the molecule is COCl.NC(=O)[C@@H]1CC[C@H](c2ccc(OCc3ccccc3F)cc2)[OH+]1. The fourth-order valence-corrected chi connectivity index (χ4v) is 2.71. The van der Waals surface area contributed by atoms with Gasteiger partial charge in [-0.2, -0.15) is 0 Å². The highest BCUT2D eigenvalue weighted by molar-refractivity contribution is 6.07. The molecule has 1 heterocycles. The molecule has 1 aliphatic heterocycles. The maximum atomic E-state index is 13.5. The van der Waals surface area contributed by atoms with E-state index in [-0.39, 0.29) is 30.5 Å². The third kappa shape index (κ3) is 5.69. The smallest absolute Gasteiger partial charge is 0.297 e. The first-order chi connectivity index (χ1) is 12.5. The fourth-order valence-electron chi connectivity index (χ4n) is 2.71. The Balaban J connectivity index is 0.000000758. The van der Waals surface area contributed by atoms with Crippen LogP contribution >= 0.6 is 11.9 Å². The van der Waals surface area contributed by atoms with Crippen molar-refractivity contribution < 1.29 is 22.9 Å². The predicted octanol–water partition coefficient (Wildman–Crippen LogP) is 3.41. The average Bonchev–Trinajstić information content (AvgIpc) is 3.13. The summed E-state index contributed by atoms with van der Waals surface area (Å²) in [6.07, 6.45) is 1.15. The van der Waals surface area contributed by atoms with Crippen LogP contribution in [0.25, 0.3) is 0 Å². The molecule has 7 heteroatoms. The summed E-state index contributed by atoms with van der Waals surface area (Å²) in [5.41, 5.74) is 6.84. The zero-order valence-electron chi connectivity index (χ0n) is 14.4. The lowest BCUT2D eigenvalue weighted by Crippen LogP contribution is -2.29. The van der Waals surface area contributed by atoms with Gasteiger partial charge in [-0.15, -0.1) is 0 Å². The van der Waals surface area contributed by atoms with E-state index in [0.29, 0.717) is 17.7 Å². The van der Waals surface area contributed by atoms with Gasteiger partial charge < -0.3 is 15.2 Å². The van der Waals surface area contributed by atoms with Crippen LogP contribution in [-0.4, -0.2) is 23.9 Å². The molecule has 0 aromatic heterocycles. The van der Waals surface area contributed by atoms with Crippen molar-refractivity contribution in [3.8, 4) is 5.75 Å². The summed E-state index contributed by atoms with van der Waals surface area (Å²) in [4.78, 5) is 11.2.